The van der Waals surface area contributed by atoms with E-state index in [1.54, 1.807) is 42.5 Å². The predicted molar refractivity (Wildman–Crippen MR) is 84.5 cm³/mol. The van der Waals surface area contributed by atoms with E-state index >= 15 is 0 Å². The summed E-state index contributed by atoms with van der Waals surface area (Å²) in [6.07, 6.45) is 0. The van der Waals surface area contributed by atoms with Gasteiger partial charge in [-0.3, -0.25) is 4.79 Å². The fourth-order valence-corrected chi connectivity index (χ4v) is 1.93. The maximum Gasteiger partial charge on any atom is 0.255 e. The van der Waals surface area contributed by atoms with Gasteiger partial charge in [-0.25, -0.2) is 0 Å². The van der Waals surface area contributed by atoms with Crippen LogP contribution >= 0.6 is 11.6 Å². The maximum absolute atomic E-state index is 12.2. The molecule has 0 spiro atoms. The van der Waals surface area contributed by atoms with E-state index in [1.807, 2.05) is 6.92 Å². The Kier molecular flexibility index (Phi) is 4.99. The van der Waals surface area contributed by atoms with Crippen LogP contribution in [-0.2, 0) is 0 Å². The number of hydrogen-bond acceptors (Lipinski definition) is 2. The normalized spacial score (nSPS) is 9.67. The highest BCUT2D eigenvalue weighted by Gasteiger charge is 2.07. The van der Waals surface area contributed by atoms with Gasteiger partial charge >= 0.3 is 0 Å². The first-order valence-corrected chi connectivity index (χ1v) is 6.75. The molecule has 0 unspecified atom stereocenters. The molecule has 0 aliphatic carbocycles. The highest BCUT2D eigenvalue weighted by Crippen LogP contribution is 2.18. The minimum Gasteiger partial charge on any atom is -0.384 e. The molecule has 2 rings (SSSR count). The quantitative estimate of drug-likeness (QED) is 0.836. The fraction of sp³-hybridized carbons (Fsp3) is 0.118. The van der Waals surface area contributed by atoms with E-state index in [2.05, 4.69) is 17.2 Å². The van der Waals surface area contributed by atoms with Gasteiger partial charge in [-0.05, 0) is 42.8 Å². The van der Waals surface area contributed by atoms with E-state index in [0.29, 0.717) is 16.3 Å². The predicted octanol–water partition coefficient (Wildman–Crippen LogP) is 3.24. The average Bonchev–Trinajstić information content (AvgIpc) is 2.48. The summed E-state index contributed by atoms with van der Waals surface area (Å²) in [5.41, 5.74) is 2.79. The van der Waals surface area contributed by atoms with Gasteiger partial charge in [0.15, 0.2) is 0 Å². The number of anilines is 1. The number of aliphatic hydroxyl groups is 1. The first-order chi connectivity index (χ1) is 10.1. The second kappa shape index (κ2) is 6.94. The van der Waals surface area contributed by atoms with E-state index in [9.17, 15) is 4.79 Å². The van der Waals surface area contributed by atoms with Gasteiger partial charge in [0.25, 0.3) is 5.91 Å². The lowest BCUT2D eigenvalue weighted by Gasteiger charge is -2.07. The minimum absolute atomic E-state index is 0.196. The van der Waals surface area contributed by atoms with E-state index < -0.39 is 0 Å². The number of aryl methyl sites for hydroxylation is 1. The van der Waals surface area contributed by atoms with Crippen LogP contribution in [0.5, 0.6) is 0 Å². The molecule has 0 saturated carbocycles. The standard InChI is InChI=1S/C17H14ClNO2/c1-12-7-8-14(11-16(12)18)17(21)19-15-6-2-4-13(10-15)5-3-9-20/h2,4,6-8,10-11,20H,9H2,1H3,(H,19,21). The first-order valence-electron chi connectivity index (χ1n) is 6.37. The summed E-state index contributed by atoms with van der Waals surface area (Å²) >= 11 is 6.02. The van der Waals surface area contributed by atoms with Crippen molar-refractivity contribution in [1.29, 1.82) is 0 Å². The van der Waals surface area contributed by atoms with Gasteiger partial charge in [0.2, 0.25) is 0 Å². The molecule has 2 N–H and O–H groups in total. The zero-order valence-corrected chi connectivity index (χ0v) is 12.2. The van der Waals surface area contributed by atoms with Crippen molar-refractivity contribution in [2.75, 3.05) is 11.9 Å². The Morgan fingerprint density at radius 1 is 1.29 bits per heavy atom. The Morgan fingerprint density at radius 3 is 2.81 bits per heavy atom. The van der Waals surface area contributed by atoms with Crippen LogP contribution in [-0.4, -0.2) is 17.6 Å². The van der Waals surface area contributed by atoms with Crippen LogP contribution in [0.1, 0.15) is 21.5 Å². The second-order valence-corrected chi connectivity index (χ2v) is 4.87. The third kappa shape index (κ3) is 4.09. The van der Waals surface area contributed by atoms with Crippen molar-refractivity contribution >= 4 is 23.2 Å². The summed E-state index contributed by atoms with van der Waals surface area (Å²) in [5, 5.41) is 12.0. The first kappa shape index (κ1) is 15.1. The lowest BCUT2D eigenvalue weighted by molar-refractivity contribution is 0.102. The summed E-state index contributed by atoms with van der Waals surface area (Å²) in [7, 11) is 0. The van der Waals surface area contributed by atoms with Crippen molar-refractivity contribution in [2.45, 2.75) is 6.92 Å². The Labute approximate surface area is 128 Å². The SMILES string of the molecule is Cc1ccc(C(=O)Nc2cccc(C#CCO)c2)cc1Cl. The smallest absolute Gasteiger partial charge is 0.255 e. The molecule has 0 bridgehead atoms. The molecule has 3 nitrogen and oxygen atoms in total. The molecule has 2 aromatic rings. The molecular formula is C17H14ClNO2. The minimum atomic E-state index is -0.232. The lowest BCUT2D eigenvalue weighted by Crippen LogP contribution is -2.12. The van der Waals surface area contributed by atoms with Crippen molar-refractivity contribution in [1.82, 2.24) is 0 Å². The van der Waals surface area contributed by atoms with Crippen LogP contribution in [0.3, 0.4) is 0 Å². The molecule has 0 fully saturated rings. The number of halogens is 1. The van der Waals surface area contributed by atoms with Crippen LogP contribution < -0.4 is 5.32 Å². The number of carbonyl (C=O) groups excluding carboxylic acids is 1. The van der Waals surface area contributed by atoms with Crippen LogP contribution in [0.25, 0.3) is 0 Å². The number of rotatable bonds is 2. The van der Waals surface area contributed by atoms with Gasteiger partial charge in [0.1, 0.15) is 6.61 Å². The molecule has 0 aromatic heterocycles. The third-order valence-corrected chi connectivity index (χ3v) is 3.27. The Balaban J connectivity index is 2.17. The number of aliphatic hydroxyl groups excluding tert-OH is 1. The summed E-state index contributed by atoms with van der Waals surface area (Å²) < 4.78 is 0. The maximum atomic E-state index is 12.2. The Hall–Kier alpha value is -2.28. The molecule has 21 heavy (non-hydrogen) atoms. The topological polar surface area (TPSA) is 49.3 Å². The fourth-order valence-electron chi connectivity index (χ4n) is 1.75. The van der Waals surface area contributed by atoms with Gasteiger partial charge in [0, 0.05) is 21.8 Å². The van der Waals surface area contributed by atoms with Gasteiger partial charge in [-0.15, -0.1) is 0 Å². The molecule has 0 aliphatic rings. The molecule has 0 saturated heterocycles. The third-order valence-electron chi connectivity index (χ3n) is 2.87. The van der Waals surface area contributed by atoms with Crippen LogP contribution in [0.2, 0.25) is 5.02 Å². The van der Waals surface area contributed by atoms with Crippen LogP contribution in [0.4, 0.5) is 5.69 Å². The summed E-state index contributed by atoms with van der Waals surface area (Å²) in [6.45, 7) is 1.69. The summed E-state index contributed by atoms with van der Waals surface area (Å²) in [5.74, 6) is 5.13. The van der Waals surface area contributed by atoms with Crippen molar-refractivity contribution < 1.29 is 9.90 Å². The van der Waals surface area contributed by atoms with Crippen LogP contribution in [0.15, 0.2) is 42.5 Å². The van der Waals surface area contributed by atoms with E-state index in [1.165, 1.54) is 0 Å². The molecule has 0 radical (unpaired) electrons. The number of carbonyl (C=O) groups is 1. The van der Waals surface area contributed by atoms with E-state index in [4.69, 9.17) is 16.7 Å². The molecule has 2 aromatic carbocycles. The van der Waals surface area contributed by atoms with Crippen molar-refractivity contribution in [2.24, 2.45) is 0 Å². The average molecular weight is 300 g/mol. The molecule has 0 heterocycles. The zero-order chi connectivity index (χ0) is 15.2. The monoisotopic (exact) mass is 299 g/mol. The molecule has 4 heteroatoms. The number of hydrogen-bond donors (Lipinski definition) is 2. The van der Waals surface area contributed by atoms with Crippen LogP contribution in [0, 0.1) is 18.8 Å². The van der Waals surface area contributed by atoms with E-state index in [0.717, 1.165) is 11.1 Å². The number of nitrogens with one attached hydrogen (secondary N) is 1. The lowest BCUT2D eigenvalue weighted by atomic mass is 10.1. The number of benzene rings is 2. The molecule has 1 amide bonds. The molecule has 0 atom stereocenters. The Bertz CT molecular complexity index is 729. The largest absolute Gasteiger partial charge is 0.384 e. The van der Waals surface area contributed by atoms with Gasteiger partial charge in [0.05, 0.1) is 0 Å². The van der Waals surface area contributed by atoms with Gasteiger partial charge < -0.3 is 10.4 Å². The van der Waals surface area contributed by atoms with Crippen molar-refractivity contribution in [3.05, 3.63) is 64.2 Å². The molecule has 0 aliphatic heterocycles. The second-order valence-electron chi connectivity index (χ2n) is 4.46. The summed E-state index contributed by atoms with van der Waals surface area (Å²) in [6, 6.07) is 12.3. The van der Waals surface area contributed by atoms with Crippen molar-refractivity contribution in [3.8, 4) is 11.8 Å². The highest BCUT2D eigenvalue weighted by molar-refractivity contribution is 6.31. The van der Waals surface area contributed by atoms with E-state index in [-0.39, 0.29) is 12.5 Å². The molecule has 106 valence electrons. The van der Waals surface area contributed by atoms with Gasteiger partial charge in [-0.1, -0.05) is 35.6 Å². The van der Waals surface area contributed by atoms with Crippen molar-refractivity contribution in [3.63, 3.8) is 0 Å². The zero-order valence-electron chi connectivity index (χ0n) is 11.5. The molecular weight excluding hydrogens is 286 g/mol. The van der Waals surface area contributed by atoms with Gasteiger partial charge in [-0.2, -0.15) is 0 Å². The summed E-state index contributed by atoms with van der Waals surface area (Å²) in [4.78, 5) is 12.2. The number of amides is 1. The highest BCUT2D eigenvalue weighted by atomic mass is 35.5. The Morgan fingerprint density at radius 2 is 2.10 bits per heavy atom.